The number of aromatic nitrogens is 1. The van der Waals surface area contributed by atoms with Crippen molar-refractivity contribution in [1.29, 1.82) is 0 Å². The predicted octanol–water partition coefficient (Wildman–Crippen LogP) is 3.78. The Hall–Kier alpha value is -1.84. The average Bonchev–Trinajstić information content (AvgIpc) is 3.04. The molecule has 4 nitrogen and oxygen atoms in total. The van der Waals surface area contributed by atoms with Crippen LogP contribution in [0.5, 0.6) is 0 Å². The summed E-state index contributed by atoms with van der Waals surface area (Å²) in [6.07, 6.45) is 10.1. The summed E-state index contributed by atoms with van der Waals surface area (Å²) in [7, 11) is 0. The molecule has 0 spiro atoms. The topological polar surface area (TPSA) is 65.2 Å². The van der Waals surface area contributed by atoms with Gasteiger partial charge in [0, 0.05) is 12.4 Å². The van der Waals surface area contributed by atoms with Crippen molar-refractivity contribution in [3.05, 3.63) is 36.2 Å². The number of hydrogen-bond donors (Lipinski definition) is 1. The summed E-state index contributed by atoms with van der Waals surface area (Å²) < 4.78 is 4.58. The van der Waals surface area contributed by atoms with Crippen LogP contribution in [0.2, 0.25) is 0 Å². The Kier molecular flexibility index (Phi) is 5.31. The van der Waals surface area contributed by atoms with Gasteiger partial charge in [-0.2, -0.15) is 0 Å². The Morgan fingerprint density at radius 3 is 2.45 bits per heavy atom. The summed E-state index contributed by atoms with van der Waals surface area (Å²) in [5.41, 5.74) is 5.96. The lowest BCUT2D eigenvalue weighted by atomic mass is 10.1. The summed E-state index contributed by atoms with van der Waals surface area (Å²) in [5, 5.41) is 0. The van der Waals surface area contributed by atoms with Crippen molar-refractivity contribution in [3.8, 4) is 0 Å². The second kappa shape index (κ2) is 6.55. The number of pyridine rings is 1. The number of nitrogens with two attached hydrogens (primary N) is 1. The molecule has 1 amide bonds. The van der Waals surface area contributed by atoms with Gasteiger partial charge in [0.1, 0.15) is 5.60 Å². The maximum absolute atomic E-state index is 10.0. The van der Waals surface area contributed by atoms with E-state index in [0.29, 0.717) is 5.41 Å². The van der Waals surface area contributed by atoms with Gasteiger partial charge in [-0.1, -0.05) is 25.1 Å². The van der Waals surface area contributed by atoms with E-state index in [-0.39, 0.29) is 0 Å². The minimum atomic E-state index is -0.725. The minimum absolute atomic E-state index is 0.453. The van der Waals surface area contributed by atoms with E-state index in [1.807, 2.05) is 12.3 Å². The highest BCUT2D eigenvalue weighted by molar-refractivity contribution is 5.65. The monoisotopic (exact) mass is 276 g/mol. The Balaban J connectivity index is 0.000000221. The predicted molar refractivity (Wildman–Crippen MR) is 81.0 cm³/mol. The molecule has 0 bridgehead atoms. The normalized spacial score (nSPS) is 16.2. The molecule has 0 atom stereocenters. The molecule has 2 rings (SSSR count). The van der Waals surface area contributed by atoms with Crippen LogP contribution < -0.4 is 5.73 Å². The molecular formula is C16H24N2O2. The van der Waals surface area contributed by atoms with E-state index in [0.717, 1.165) is 0 Å². The third-order valence-corrected chi connectivity index (χ3v) is 2.81. The lowest BCUT2D eigenvalue weighted by molar-refractivity contribution is 0.0600. The van der Waals surface area contributed by atoms with E-state index in [1.54, 1.807) is 27.0 Å². The Bertz CT molecular complexity index is 457. The highest BCUT2D eigenvalue weighted by Crippen LogP contribution is 2.46. The lowest BCUT2D eigenvalue weighted by Gasteiger charge is -2.16. The van der Waals surface area contributed by atoms with Gasteiger partial charge in [0.2, 0.25) is 0 Å². The Labute approximate surface area is 121 Å². The quantitative estimate of drug-likeness (QED) is 0.894. The van der Waals surface area contributed by atoms with Crippen LogP contribution in [0.25, 0.3) is 6.08 Å². The molecule has 1 aromatic rings. The number of carbonyl (C=O) groups excluding carboxylic acids is 1. The van der Waals surface area contributed by atoms with Crippen LogP contribution in [0.15, 0.2) is 30.6 Å². The summed E-state index contributed by atoms with van der Waals surface area (Å²) in [6, 6.07) is 4.05. The molecule has 1 aromatic heterocycles. The van der Waals surface area contributed by atoms with E-state index in [1.165, 1.54) is 18.4 Å². The number of amides is 1. The molecular weight excluding hydrogens is 252 g/mol. The van der Waals surface area contributed by atoms with Crippen molar-refractivity contribution in [3.63, 3.8) is 0 Å². The van der Waals surface area contributed by atoms with Crippen molar-refractivity contribution in [1.82, 2.24) is 4.98 Å². The standard InChI is InChI=1S/C11H13N.C5H11NO2/c1-11(6-7-11)5-4-10-3-2-8-12-9-10;1-5(2,3)8-4(6)7/h2-5,8-9H,6-7H2,1H3;1-3H3,(H2,6,7)/b5-4-;. The smallest absolute Gasteiger partial charge is 0.405 e. The molecule has 2 N–H and O–H groups in total. The molecule has 20 heavy (non-hydrogen) atoms. The maximum Gasteiger partial charge on any atom is 0.405 e. The molecule has 1 aliphatic rings. The third kappa shape index (κ3) is 7.56. The zero-order valence-corrected chi connectivity index (χ0v) is 12.7. The van der Waals surface area contributed by atoms with Gasteiger partial charge >= 0.3 is 6.09 Å². The number of rotatable bonds is 2. The first kappa shape index (κ1) is 16.2. The van der Waals surface area contributed by atoms with Crippen molar-refractivity contribution < 1.29 is 9.53 Å². The van der Waals surface area contributed by atoms with Crippen LogP contribution in [0, 0.1) is 5.41 Å². The molecule has 1 aliphatic carbocycles. The van der Waals surface area contributed by atoms with E-state index in [2.05, 4.69) is 34.9 Å². The third-order valence-electron chi connectivity index (χ3n) is 2.81. The number of primary amides is 1. The molecule has 1 saturated carbocycles. The summed E-state index contributed by atoms with van der Waals surface area (Å²) in [6.45, 7) is 7.58. The highest BCUT2D eigenvalue weighted by Gasteiger charge is 2.33. The molecule has 1 fully saturated rings. The van der Waals surface area contributed by atoms with E-state index < -0.39 is 11.7 Å². The molecule has 0 saturated heterocycles. The van der Waals surface area contributed by atoms with Gasteiger partial charge in [0.25, 0.3) is 0 Å². The van der Waals surface area contributed by atoms with Crippen molar-refractivity contribution in [2.45, 2.75) is 46.1 Å². The molecule has 4 heteroatoms. The summed E-state index contributed by atoms with van der Waals surface area (Å²) >= 11 is 0. The molecule has 0 radical (unpaired) electrons. The first-order chi connectivity index (χ1) is 9.20. The van der Waals surface area contributed by atoms with Crippen molar-refractivity contribution in [2.75, 3.05) is 0 Å². The number of carbonyl (C=O) groups is 1. The van der Waals surface area contributed by atoms with Gasteiger partial charge in [-0.3, -0.25) is 4.98 Å². The van der Waals surface area contributed by atoms with E-state index in [9.17, 15) is 4.79 Å². The van der Waals surface area contributed by atoms with Gasteiger partial charge < -0.3 is 10.5 Å². The molecule has 0 aliphatic heterocycles. The zero-order chi connectivity index (χ0) is 15.2. The largest absolute Gasteiger partial charge is 0.444 e. The number of hydrogen-bond acceptors (Lipinski definition) is 3. The van der Waals surface area contributed by atoms with E-state index in [4.69, 9.17) is 5.73 Å². The van der Waals surface area contributed by atoms with Gasteiger partial charge in [0.05, 0.1) is 0 Å². The maximum atomic E-state index is 10.0. The second-order valence-electron chi connectivity index (χ2n) is 6.31. The fraction of sp³-hybridized carbons (Fsp3) is 0.500. The van der Waals surface area contributed by atoms with Gasteiger partial charge in [-0.15, -0.1) is 0 Å². The fourth-order valence-electron chi connectivity index (χ4n) is 1.44. The van der Waals surface area contributed by atoms with Gasteiger partial charge in [-0.25, -0.2) is 4.79 Å². The van der Waals surface area contributed by atoms with Crippen molar-refractivity contribution in [2.24, 2.45) is 11.1 Å². The molecule has 110 valence electrons. The highest BCUT2D eigenvalue weighted by atomic mass is 16.6. The van der Waals surface area contributed by atoms with Crippen LogP contribution in [-0.2, 0) is 4.74 Å². The second-order valence-corrected chi connectivity index (χ2v) is 6.31. The molecule has 1 heterocycles. The van der Waals surface area contributed by atoms with E-state index >= 15 is 0 Å². The van der Waals surface area contributed by atoms with Crippen LogP contribution in [0.4, 0.5) is 4.79 Å². The summed E-state index contributed by atoms with van der Waals surface area (Å²) in [4.78, 5) is 14.1. The number of allylic oxidation sites excluding steroid dienone is 1. The Morgan fingerprint density at radius 1 is 1.45 bits per heavy atom. The fourth-order valence-corrected chi connectivity index (χ4v) is 1.44. The van der Waals surface area contributed by atoms with Crippen LogP contribution in [0.1, 0.15) is 46.1 Å². The van der Waals surface area contributed by atoms with Crippen molar-refractivity contribution >= 4 is 12.2 Å². The molecule has 0 unspecified atom stereocenters. The number of ether oxygens (including phenoxy) is 1. The van der Waals surface area contributed by atoms with Crippen LogP contribution >= 0.6 is 0 Å². The van der Waals surface area contributed by atoms with Crippen LogP contribution in [-0.4, -0.2) is 16.7 Å². The SMILES string of the molecule is CC(C)(C)OC(N)=O.CC1(/C=C\c2cccnc2)CC1. The Morgan fingerprint density at radius 2 is 2.10 bits per heavy atom. The average molecular weight is 276 g/mol. The molecule has 0 aromatic carbocycles. The number of nitrogens with zero attached hydrogens (tertiary/aromatic N) is 1. The minimum Gasteiger partial charge on any atom is -0.444 e. The van der Waals surface area contributed by atoms with Crippen LogP contribution in [0.3, 0.4) is 0 Å². The first-order valence-electron chi connectivity index (χ1n) is 6.78. The lowest BCUT2D eigenvalue weighted by Crippen LogP contribution is -2.27. The summed E-state index contributed by atoms with van der Waals surface area (Å²) in [5.74, 6) is 0. The zero-order valence-electron chi connectivity index (χ0n) is 12.7. The first-order valence-corrected chi connectivity index (χ1v) is 6.78. The van der Waals surface area contributed by atoms with Gasteiger partial charge in [0.15, 0.2) is 0 Å². The van der Waals surface area contributed by atoms with Gasteiger partial charge in [-0.05, 0) is 50.7 Å².